The monoisotopic (exact) mass is 484 g/mol. The van der Waals surface area contributed by atoms with Gasteiger partial charge in [-0.15, -0.1) is 0 Å². The summed E-state index contributed by atoms with van der Waals surface area (Å²) in [4.78, 5) is 29.9. The van der Waals surface area contributed by atoms with E-state index in [1.807, 2.05) is 0 Å². The first-order chi connectivity index (χ1) is 16.7. The van der Waals surface area contributed by atoms with Gasteiger partial charge in [-0.2, -0.15) is 0 Å². The Kier molecular flexibility index (Phi) is 8.95. The van der Waals surface area contributed by atoms with Gasteiger partial charge in [-0.3, -0.25) is 9.69 Å². The standard InChI is InChI=1S/C26H36N4O5/c1-17-14-29(3)18(2)16-35-23-11-10-20(13-22(23)25(31)30(4)15-24(17)34-6)28-26(32)27-19-8-7-9-21(12-19)33-5/h7-13,17-18,24H,14-16H2,1-6H3,(H2,27,28,32)/t17-,18+,24-/m0/s1. The number of likely N-dealkylation sites (N-methyl/N-ethyl adjacent to an activating group) is 2. The molecule has 35 heavy (non-hydrogen) atoms. The van der Waals surface area contributed by atoms with Crippen molar-refractivity contribution < 1.29 is 23.8 Å². The summed E-state index contributed by atoms with van der Waals surface area (Å²) in [6.45, 7) is 5.90. The third kappa shape index (κ3) is 6.86. The van der Waals surface area contributed by atoms with E-state index in [0.717, 1.165) is 6.54 Å². The first-order valence-electron chi connectivity index (χ1n) is 11.7. The van der Waals surface area contributed by atoms with Gasteiger partial charge in [0.25, 0.3) is 5.91 Å². The highest BCUT2D eigenvalue weighted by molar-refractivity contribution is 6.02. The molecule has 3 rings (SSSR count). The Morgan fingerprint density at radius 2 is 1.74 bits per heavy atom. The average Bonchev–Trinajstić information content (AvgIpc) is 2.84. The number of urea groups is 1. The third-order valence-corrected chi connectivity index (χ3v) is 6.34. The molecule has 0 saturated carbocycles. The first-order valence-corrected chi connectivity index (χ1v) is 11.7. The average molecular weight is 485 g/mol. The van der Waals surface area contributed by atoms with Crippen LogP contribution in [0.1, 0.15) is 24.2 Å². The normalized spacial score (nSPS) is 21.7. The second-order valence-electron chi connectivity index (χ2n) is 9.06. The van der Waals surface area contributed by atoms with Gasteiger partial charge in [0, 0.05) is 50.7 Å². The highest BCUT2D eigenvalue weighted by Crippen LogP contribution is 2.26. The van der Waals surface area contributed by atoms with Crippen molar-refractivity contribution in [3.05, 3.63) is 48.0 Å². The fourth-order valence-corrected chi connectivity index (χ4v) is 4.03. The predicted octanol–water partition coefficient (Wildman–Crippen LogP) is 3.78. The summed E-state index contributed by atoms with van der Waals surface area (Å²) in [6.07, 6.45) is -0.114. The van der Waals surface area contributed by atoms with E-state index < -0.39 is 6.03 Å². The van der Waals surface area contributed by atoms with Gasteiger partial charge in [-0.1, -0.05) is 13.0 Å². The van der Waals surface area contributed by atoms with Gasteiger partial charge < -0.3 is 29.7 Å². The number of ether oxygens (including phenoxy) is 3. The van der Waals surface area contributed by atoms with Crippen LogP contribution in [-0.4, -0.2) is 81.9 Å². The summed E-state index contributed by atoms with van der Waals surface area (Å²) in [5.41, 5.74) is 1.44. The van der Waals surface area contributed by atoms with Gasteiger partial charge in [-0.05, 0) is 50.2 Å². The van der Waals surface area contributed by atoms with E-state index in [-0.39, 0.29) is 24.0 Å². The molecule has 0 aliphatic carbocycles. The van der Waals surface area contributed by atoms with Crippen LogP contribution in [0.4, 0.5) is 16.2 Å². The molecule has 1 aliphatic heterocycles. The molecule has 2 aromatic carbocycles. The highest BCUT2D eigenvalue weighted by Gasteiger charge is 2.27. The van der Waals surface area contributed by atoms with E-state index in [0.29, 0.717) is 41.6 Å². The summed E-state index contributed by atoms with van der Waals surface area (Å²) in [5, 5.41) is 5.56. The summed E-state index contributed by atoms with van der Waals surface area (Å²) < 4.78 is 17.0. The van der Waals surface area contributed by atoms with E-state index in [1.54, 1.807) is 68.6 Å². The molecule has 0 fully saturated rings. The molecule has 0 spiro atoms. The van der Waals surface area contributed by atoms with E-state index in [2.05, 4.69) is 36.4 Å². The van der Waals surface area contributed by atoms with Crippen LogP contribution < -0.4 is 20.1 Å². The Morgan fingerprint density at radius 3 is 2.43 bits per heavy atom. The summed E-state index contributed by atoms with van der Waals surface area (Å²) in [6, 6.07) is 11.9. The van der Waals surface area contributed by atoms with E-state index >= 15 is 0 Å². The lowest BCUT2D eigenvalue weighted by atomic mass is 10.0. The topological polar surface area (TPSA) is 92.4 Å². The Labute approximate surface area is 207 Å². The number of amides is 3. The number of hydrogen-bond acceptors (Lipinski definition) is 6. The van der Waals surface area contributed by atoms with Crippen LogP contribution in [0.15, 0.2) is 42.5 Å². The Morgan fingerprint density at radius 1 is 1.03 bits per heavy atom. The SMILES string of the molecule is COc1cccc(NC(=O)Nc2ccc3c(c2)C(=O)N(C)C[C@H](OC)[C@@H](C)CN(C)[C@H](C)CO3)c1. The van der Waals surface area contributed by atoms with Crippen LogP contribution in [0.5, 0.6) is 11.5 Å². The maximum absolute atomic E-state index is 13.4. The number of anilines is 2. The molecule has 9 heteroatoms. The van der Waals surface area contributed by atoms with Crippen LogP contribution >= 0.6 is 0 Å². The molecule has 9 nitrogen and oxygen atoms in total. The zero-order valence-corrected chi connectivity index (χ0v) is 21.3. The Bertz CT molecular complexity index is 1030. The van der Waals surface area contributed by atoms with Crippen molar-refractivity contribution in [1.29, 1.82) is 0 Å². The number of methoxy groups -OCH3 is 2. The molecule has 1 heterocycles. The number of carbonyl (C=O) groups excluding carboxylic acids is 2. The van der Waals surface area contributed by atoms with Gasteiger partial charge >= 0.3 is 6.03 Å². The van der Waals surface area contributed by atoms with Crippen molar-refractivity contribution in [3.63, 3.8) is 0 Å². The number of benzene rings is 2. The number of fused-ring (bicyclic) bond motifs is 1. The molecule has 0 radical (unpaired) electrons. The first kappa shape index (κ1) is 26.3. The van der Waals surface area contributed by atoms with Crippen molar-refractivity contribution in [3.8, 4) is 11.5 Å². The maximum Gasteiger partial charge on any atom is 0.323 e. The Hall–Kier alpha value is -3.30. The van der Waals surface area contributed by atoms with Crippen LogP contribution in [0, 0.1) is 5.92 Å². The lowest BCUT2D eigenvalue weighted by Gasteiger charge is -2.34. The lowest BCUT2D eigenvalue weighted by Crippen LogP contribution is -2.45. The van der Waals surface area contributed by atoms with Gasteiger partial charge in [0.15, 0.2) is 0 Å². The molecule has 0 bridgehead atoms. The van der Waals surface area contributed by atoms with Crippen LogP contribution in [-0.2, 0) is 4.74 Å². The molecular weight excluding hydrogens is 448 g/mol. The van der Waals surface area contributed by atoms with Gasteiger partial charge in [0.2, 0.25) is 0 Å². The summed E-state index contributed by atoms with van der Waals surface area (Å²) >= 11 is 0. The third-order valence-electron chi connectivity index (χ3n) is 6.34. The van der Waals surface area contributed by atoms with E-state index in [9.17, 15) is 9.59 Å². The molecule has 3 amide bonds. The summed E-state index contributed by atoms with van der Waals surface area (Å²) in [5.74, 6) is 1.13. The van der Waals surface area contributed by atoms with Crippen molar-refractivity contribution in [2.75, 3.05) is 58.6 Å². The largest absolute Gasteiger partial charge is 0.497 e. The van der Waals surface area contributed by atoms with Gasteiger partial charge in [0.1, 0.15) is 18.1 Å². The molecular formula is C26H36N4O5. The fraction of sp³-hybridized carbons (Fsp3) is 0.462. The molecule has 1 aliphatic rings. The predicted molar refractivity (Wildman–Crippen MR) is 137 cm³/mol. The minimum Gasteiger partial charge on any atom is -0.497 e. The van der Waals surface area contributed by atoms with Gasteiger partial charge in [0.05, 0.1) is 18.8 Å². The maximum atomic E-state index is 13.4. The second-order valence-corrected chi connectivity index (χ2v) is 9.06. The lowest BCUT2D eigenvalue weighted by molar-refractivity contribution is 0.0150. The van der Waals surface area contributed by atoms with Crippen LogP contribution in [0.25, 0.3) is 0 Å². The van der Waals surface area contributed by atoms with Gasteiger partial charge in [-0.25, -0.2) is 4.79 Å². The van der Waals surface area contributed by atoms with Crippen molar-refractivity contribution in [1.82, 2.24) is 9.80 Å². The number of nitrogens with one attached hydrogen (secondary N) is 2. The molecule has 0 aromatic heterocycles. The zero-order valence-electron chi connectivity index (χ0n) is 21.3. The van der Waals surface area contributed by atoms with Crippen molar-refractivity contribution in [2.24, 2.45) is 5.92 Å². The van der Waals surface area contributed by atoms with Crippen LogP contribution in [0.2, 0.25) is 0 Å². The van der Waals surface area contributed by atoms with Crippen molar-refractivity contribution >= 4 is 23.3 Å². The minimum absolute atomic E-state index is 0.114. The molecule has 0 unspecified atom stereocenters. The molecule has 3 atom stereocenters. The molecule has 0 saturated heterocycles. The smallest absolute Gasteiger partial charge is 0.323 e. The van der Waals surface area contributed by atoms with Crippen molar-refractivity contribution in [2.45, 2.75) is 26.0 Å². The van der Waals surface area contributed by atoms with E-state index in [4.69, 9.17) is 14.2 Å². The number of rotatable bonds is 4. The van der Waals surface area contributed by atoms with E-state index in [1.165, 1.54) is 0 Å². The quantitative estimate of drug-likeness (QED) is 0.686. The zero-order chi connectivity index (χ0) is 25.5. The summed E-state index contributed by atoms with van der Waals surface area (Å²) in [7, 11) is 7.05. The molecule has 2 aromatic rings. The Balaban J connectivity index is 1.83. The number of nitrogens with zero attached hydrogens (tertiary/aromatic N) is 2. The fourth-order valence-electron chi connectivity index (χ4n) is 4.03. The number of hydrogen-bond donors (Lipinski definition) is 2. The molecule has 190 valence electrons. The van der Waals surface area contributed by atoms with Crippen LogP contribution in [0.3, 0.4) is 0 Å². The molecule has 2 N–H and O–H groups in total. The second kappa shape index (κ2) is 11.9. The highest BCUT2D eigenvalue weighted by atomic mass is 16.5. The number of carbonyl (C=O) groups is 2. The minimum atomic E-state index is -0.434.